The largest absolute Gasteiger partial charge is 0.383 e. The van der Waals surface area contributed by atoms with Gasteiger partial charge in [-0.05, 0) is 30.6 Å². The lowest BCUT2D eigenvalue weighted by Gasteiger charge is -2.17. The predicted molar refractivity (Wildman–Crippen MR) is 84.6 cm³/mol. The van der Waals surface area contributed by atoms with Crippen LogP contribution in [-0.2, 0) is 4.74 Å². The number of hydrogen-bond donors (Lipinski definition) is 2. The first kappa shape index (κ1) is 13.8. The van der Waals surface area contributed by atoms with E-state index >= 15 is 0 Å². The van der Waals surface area contributed by atoms with E-state index in [9.17, 15) is 0 Å². The highest BCUT2D eigenvalue weighted by Gasteiger charge is 2.05. The first-order valence-electron chi connectivity index (χ1n) is 6.25. The van der Waals surface area contributed by atoms with Crippen LogP contribution in [0.15, 0.2) is 42.5 Å². The van der Waals surface area contributed by atoms with E-state index < -0.39 is 0 Å². The molecule has 0 heterocycles. The smallest absolute Gasteiger partial charge is 0.171 e. The van der Waals surface area contributed by atoms with Crippen LogP contribution in [0, 0.1) is 0 Å². The number of rotatable bonds is 4. The fraction of sp³-hybridized carbons (Fsp3) is 0.267. The Balaban J connectivity index is 2.11. The lowest BCUT2D eigenvalue weighted by Crippen LogP contribution is -2.38. The molecule has 0 aromatic heterocycles. The van der Waals surface area contributed by atoms with Gasteiger partial charge in [-0.2, -0.15) is 0 Å². The van der Waals surface area contributed by atoms with Gasteiger partial charge in [0.25, 0.3) is 0 Å². The Kier molecular flexibility index (Phi) is 4.71. The van der Waals surface area contributed by atoms with E-state index in [0.29, 0.717) is 11.7 Å². The number of benzene rings is 2. The van der Waals surface area contributed by atoms with Crippen molar-refractivity contribution >= 4 is 33.8 Å². The van der Waals surface area contributed by atoms with Gasteiger partial charge in [-0.25, -0.2) is 0 Å². The van der Waals surface area contributed by atoms with Gasteiger partial charge in [0.15, 0.2) is 5.11 Å². The molecular weight excluding hydrogens is 256 g/mol. The number of methoxy groups -OCH3 is 1. The van der Waals surface area contributed by atoms with Crippen molar-refractivity contribution in [3.05, 3.63) is 42.5 Å². The van der Waals surface area contributed by atoms with Crippen molar-refractivity contribution < 1.29 is 4.74 Å². The molecule has 0 saturated carbocycles. The van der Waals surface area contributed by atoms with Crippen LogP contribution in [0.3, 0.4) is 0 Å². The maximum Gasteiger partial charge on any atom is 0.171 e. The van der Waals surface area contributed by atoms with Crippen molar-refractivity contribution in [2.45, 2.75) is 13.0 Å². The van der Waals surface area contributed by atoms with E-state index in [1.54, 1.807) is 7.11 Å². The highest BCUT2D eigenvalue weighted by molar-refractivity contribution is 7.80. The number of fused-ring (bicyclic) bond motifs is 1. The third-order valence-electron chi connectivity index (χ3n) is 2.83. The molecule has 0 aliphatic rings. The summed E-state index contributed by atoms with van der Waals surface area (Å²) in [6.07, 6.45) is 0. The minimum atomic E-state index is 0.181. The summed E-state index contributed by atoms with van der Waals surface area (Å²) in [5.74, 6) is 0. The predicted octanol–water partition coefficient (Wildman–Crippen LogP) is 3.16. The van der Waals surface area contributed by atoms with Gasteiger partial charge in [-0.1, -0.05) is 36.4 Å². The van der Waals surface area contributed by atoms with Crippen LogP contribution < -0.4 is 10.6 Å². The molecule has 0 fully saturated rings. The summed E-state index contributed by atoms with van der Waals surface area (Å²) >= 11 is 5.31. The Morgan fingerprint density at radius 1 is 1.21 bits per heavy atom. The molecular formula is C15H18N2OS. The van der Waals surface area contributed by atoms with E-state index in [1.165, 1.54) is 5.39 Å². The van der Waals surface area contributed by atoms with E-state index in [4.69, 9.17) is 17.0 Å². The molecule has 0 saturated heterocycles. The molecule has 2 aromatic carbocycles. The lowest BCUT2D eigenvalue weighted by molar-refractivity contribution is 0.179. The topological polar surface area (TPSA) is 33.3 Å². The van der Waals surface area contributed by atoms with Crippen LogP contribution in [0.5, 0.6) is 0 Å². The Hall–Kier alpha value is -1.65. The normalized spacial score (nSPS) is 12.1. The minimum Gasteiger partial charge on any atom is -0.383 e. The van der Waals surface area contributed by atoms with Gasteiger partial charge in [0.2, 0.25) is 0 Å². The number of ether oxygens (including phenoxy) is 1. The molecule has 3 nitrogen and oxygen atoms in total. The second kappa shape index (κ2) is 6.50. The number of hydrogen-bond acceptors (Lipinski definition) is 2. The lowest BCUT2D eigenvalue weighted by atomic mass is 10.1. The monoisotopic (exact) mass is 274 g/mol. The second-order valence-corrected chi connectivity index (χ2v) is 4.89. The molecule has 0 spiro atoms. The molecule has 100 valence electrons. The summed E-state index contributed by atoms with van der Waals surface area (Å²) in [5, 5.41) is 9.40. The molecule has 0 amide bonds. The van der Waals surface area contributed by atoms with Crippen molar-refractivity contribution in [2.24, 2.45) is 0 Å². The van der Waals surface area contributed by atoms with Crippen LogP contribution in [0.1, 0.15) is 6.92 Å². The van der Waals surface area contributed by atoms with Crippen molar-refractivity contribution in [3.63, 3.8) is 0 Å². The minimum absolute atomic E-state index is 0.181. The Morgan fingerprint density at radius 2 is 1.95 bits per heavy atom. The van der Waals surface area contributed by atoms with Crippen molar-refractivity contribution in [2.75, 3.05) is 19.0 Å². The fourth-order valence-corrected chi connectivity index (χ4v) is 2.32. The van der Waals surface area contributed by atoms with Crippen molar-refractivity contribution in [1.82, 2.24) is 5.32 Å². The quantitative estimate of drug-likeness (QED) is 0.839. The van der Waals surface area contributed by atoms with E-state index in [2.05, 4.69) is 28.8 Å². The van der Waals surface area contributed by atoms with Crippen molar-refractivity contribution in [1.29, 1.82) is 0 Å². The first-order valence-corrected chi connectivity index (χ1v) is 6.65. The van der Waals surface area contributed by atoms with E-state index in [0.717, 1.165) is 11.1 Å². The van der Waals surface area contributed by atoms with Crippen LogP contribution in [0.4, 0.5) is 5.69 Å². The van der Waals surface area contributed by atoms with Crippen molar-refractivity contribution in [3.8, 4) is 0 Å². The average molecular weight is 274 g/mol. The van der Waals surface area contributed by atoms with Gasteiger partial charge in [0.05, 0.1) is 6.61 Å². The summed E-state index contributed by atoms with van der Waals surface area (Å²) in [7, 11) is 1.68. The van der Waals surface area contributed by atoms with Gasteiger partial charge in [0.1, 0.15) is 0 Å². The standard InChI is InChI=1S/C15H18N2OS/c1-11(10-18-2)16-15(19)17-14-9-5-7-12-6-3-4-8-13(12)14/h3-9,11H,10H2,1-2H3,(H2,16,17,19). The zero-order valence-corrected chi connectivity index (χ0v) is 12.0. The Bertz CT molecular complexity index is 566. The van der Waals surface area contributed by atoms with Crippen LogP contribution in [-0.4, -0.2) is 24.9 Å². The molecule has 2 N–H and O–H groups in total. The first-order chi connectivity index (χ1) is 9.20. The highest BCUT2D eigenvalue weighted by atomic mass is 32.1. The zero-order chi connectivity index (χ0) is 13.7. The SMILES string of the molecule is COCC(C)NC(=S)Nc1cccc2ccccc12. The maximum absolute atomic E-state index is 5.31. The zero-order valence-electron chi connectivity index (χ0n) is 11.1. The molecule has 0 radical (unpaired) electrons. The third-order valence-corrected chi connectivity index (χ3v) is 3.05. The van der Waals surface area contributed by atoms with Crippen LogP contribution in [0.2, 0.25) is 0 Å². The van der Waals surface area contributed by atoms with Gasteiger partial charge in [-0.15, -0.1) is 0 Å². The fourth-order valence-electron chi connectivity index (χ4n) is 2.01. The molecule has 0 aliphatic heterocycles. The van der Waals surface area contributed by atoms with Gasteiger partial charge in [0, 0.05) is 24.2 Å². The number of thiocarbonyl (C=S) groups is 1. The summed E-state index contributed by atoms with van der Waals surface area (Å²) in [6.45, 7) is 2.65. The molecule has 1 unspecified atom stereocenters. The summed E-state index contributed by atoms with van der Waals surface area (Å²) in [6, 6.07) is 14.5. The highest BCUT2D eigenvalue weighted by Crippen LogP contribution is 2.22. The molecule has 4 heteroatoms. The van der Waals surface area contributed by atoms with Crippen LogP contribution in [0.25, 0.3) is 10.8 Å². The Labute approximate surface area is 119 Å². The number of anilines is 1. The Morgan fingerprint density at radius 3 is 2.74 bits per heavy atom. The second-order valence-electron chi connectivity index (χ2n) is 4.48. The summed E-state index contributed by atoms with van der Waals surface area (Å²) in [5.41, 5.74) is 1.01. The van der Waals surface area contributed by atoms with Crippen LogP contribution >= 0.6 is 12.2 Å². The molecule has 1 atom stereocenters. The van der Waals surface area contributed by atoms with E-state index in [1.807, 2.05) is 31.2 Å². The number of nitrogens with one attached hydrogen (secondary N) is 2. The van der Waals surface area contributed by atoms with Gasteiger partial charge < -0.3 is 15.4 Å². The molecule has 19 heavy (non-hydrogen) atoms. The summed E-state index contributed by atoms with van der Waals surface area (Å²) < 4.78 is 5.08. The molecule has 2 aromatic rings. The molecule has 2 rings (SSSR count). The maximum atomic E-state index is 5.31. The third kappa shape index (κ3) is 3.66. The average Bonchev–Trinajstić information content (AvgIpc) is 2.39. The summed E-state index contributed by atoms with van der Waals surface area (Å²) in [4.78, 5) is 0. The van der Waals surface area contributed by atoms with Gasteiger partial charge >= 0.3 is 0 Å². The molecule has 0 bridgehead atoms. The van der Waals surface area contributed by atoms with Gasteiger partial charge in [-0.3, -0.25) is 0 Å². The molecule has 0 aliphatic carbocycles. The van der Waals surface area contributed by atoms with E-state index in [-0.39, 0.29) is 6.04 Å².